The highest BCUT2D eigenvalue weighted by atomic mass is 35.5. The summed E-state index contributed by atoms with van der Waals surface area (Å²) in [5.74, 6) is 1.28. The van der Waals surface area contributed by atoms with Crippen molar-refractivity contribution in [2.45, 2.75) is 25.3 Å². The number of benzene rings is 1. The topological polar surface area (TPSA) is 47.6 Å². The Kier molecular flexibility index (Phi) is 3.97. The Morgan fingerprint density at radius 1 is 1.28 bits per heavy atom. The Bertz CT molecular complexity index is 448. The fraction of sp³-hybridized carbons (Fsp3) is 0.462. The first-order valence-corrected chi connectivity index (χ1v) is 6.35. The normalized spacial score (nSPS) is 16.8. The zero-order chi connectivity index (χ0) is 13.1. The van der Waals surface area contributed by atoms with Gasteiger partial charge in [0.1, 0.15) is 18.6 Å². The van der Waals surface area contributed by atoms with Gasteiger partial charge in [0, 0.05) is 0 Å². The van der Waals surface area contributed by atoms with Crippen LogP contribution in [0.5, 0.6) is 11.5 Å². The summed E-state index contributed by atoms with van der Waals surface area (Å²) < 4.78 is 10.9. The van der Waals surface area contributed by atoms with Crippen molar-refractivity contribution in [1.82, 2.24) is 5.32 Å². The third kappa shape index (κ3) is 2.88. The minimum atomic E-state index is -0.537. The number of rotatable bonds is 3. The van der Waals surface area contributed by atoms with E-state index in [2.05, 4.69) is 5.32 Å². The lowest BCUT2D eigenvalue weighted by atomic mass is 10.1. The smallest absolute Gasteiger partial charge is 0.238 e. The summed E-state index contributed by atoms with van der Waals surface area (Å²) in [5, 5.41) is 2.30. The summed E-state index contributed by atoms with van der Waals surface area (Å²) in [7, 11) is 0. The summed E-state index contributed by atoms with van der Waals surface area (Å²) in [4.78, 5) is 11.5. The number of hydrogen-bond donors (Lipinski definition) is 1. The summed E-state index contributed by atoms with van der Waals surface area (Å²) in [6.07, 6.45) is 0. The van der Waals surface area contributed by atoms with Gasteiger partial charge in [0.2, 0.25) is 5.91 Å². The minimum absolute atomic E-state index is 0.116. The molecule has 1 amide bonds. The molecule has 98 valence electrons. The molecule has 18 heavy (non-hydrogen) atoms. The minimum Gasteiger partial charge on any atom is -0.486 e. The van der Waals surface area contributed by atoms with Gasteiger partial charge in [-0.15, -0.1) is 11.6 Å². The first kappa shape index (κ1) is 13.0. The van der Waals surface area contributed by atoms with Gasteiger partial charge in [0.05, 0.1) is 6.04 Å². The number of carbonyl (C=O) groups is 1. The maximum atomic E-state index is 11.5. The van der Waals surface area contributed by atoms with Crippen LogP contribution in [0.4, 0.5) is 0 Å². The van der Waals surface area contributed by atoms with Gasteiger partial charge in [-0.05, 0) is 31.5 Å². The number of halogens is 1. The molecule has 0 bridgehead atoms. The number of hydrogen-bond acceptors (Lipinski definition) is 3. The van der Waals surface area contributed by atoms with Crippen LogP contribution in [0.15, 0.2) is 18.2 Å². The van der Waals surface area contributed by atoms with Crippen molar-refractivity contribution < 1.29 is 14.3 Å². The lowest BCUT2D eigenvalue weighted by Crippen LogP contribution is -2.32. The second-order valence-corrected chi connectivity index (χ2v) is 4.90. The molecule has 0 saturated heterocycles. The number of alkyl halides is 1. The first-order chi connectivity index (χ1) is 8.58. The fourth-order valence-electron chi connectivity index (χ4n) is 1.74. The molecule has 0 radical (unpaired) electrons. The molecule has 4 nitrogen and oxygen atoms in total. The zero-order valence-electron chi connectivity index (χ0n) is 10.4. The summed E-state index contributed by atoms with van der Waals surface area (Å²) in [5.41, 5.74) is 0.963. The number of fused-ring (bicyclic) bond motifs is 1. The highest BCUT2D eigenvalue weighted by molar-refractivity contribution is 6.30. The van der Waals surface area contributed by atoms with Crippen LogP contribution in [0.2, 0.25) is 0 Å². The van der Waals surface area contributed by atoms with E-state index in [1.807, 2.05) is 25.1 Å². The predicted molar refractivity (Wildman–Crippen MR) is 69.3 cm³/mol. The molecular formula is C13H16ClNO3. The van der Waals surface area contributed by atoms with Gasteiger partial charge in [-0.2, -0.15) is 0 Å². The largest absolute Gasteiger partial charge is 0.486 e. The third-order valence-electron chi connectivity index (χ3n) is 2.79. The summed E-state index contributed by atoms with van der Waals surface area (Å²) >= 11 is 5.72. The number of amides is 1. The summed E-state index contributed by atoms with van der Waals surface area (Å²) in [6.45, 7) is 4.67. The average molecular weight is 270 g/mol. The second-order valence-electron chi connectivity index (χ2n) is 4.25. The predicted octanol–water partition coefficient (Wildman–Crippen LogP) is 2.26. The molecule has 0 saturated carbocycles. The van der Waals surface area contributed by atoms with Crippen LogP contribution in [0, 0.1) is 0 Å². The van der Waals surface area contributed by atoms with Gasteiger partial charge in [0.25, 0.3) is 0 Å². The van der Waals surface area contributed by atoms with Gasteiger partial charge in [-0.1, -0.05) is 6.07 Å². The third-order valence-corrected chi connectivity index (χ3v) is 2.98. The van der Waals surface area contributed by atoms with E-state index < -0.39 is 5.38 Å². The van der Waals surface area contributed by atoms with Crippen molar-refractivity contribution in [3.05, 3.63) is 23.8 Å². The van der Waals surface area contributed by atoms with Crippen molar-refractivity contribution in [2.75, 3.05) is 13.2 Å². The van der Waals surface area contributed by atoms with Crippen LogP contribution in [0.3, 0.4) is 0 Å². The van der Waals surface area contributed by atoms with Crippen molar-refractivity contribution in [1.29, 1.82) is 0 Å². The number of carbonyl (C=O) groups excluding carboxylic acids is 1. The van der Waals surface area contributed by atoms with Crippen LogP contribution >= 0.6 is 11.6 Å². The Labute approximate surface area is 111 Å². The maximum absolute atomic E-state index is 11.5. The van der Waals surface area contributed by atoms with Gasteiger partial charge < -0.3 is 14.8 Å². The Hall–Kier alpha value is -1.42. The van der Waals surface area contributed by atoms with Crippen LogP contribution in [0.1, 0.15) is 25.5 Å². The molecule has 1 aromatic rings. The van der Waals surface area contributed by atoms with E-state index in [-0.39, 0.29) is 11.9 Å². The van der Waals surface area contributed by atoms with E-state index in [1.165, 1.54) is 0 Å². The molecule has 0 spiro atoms. The van der Waals surface area contributed by atoms with E-state index in [0.29, 0.717) is 13.2 Å². The molecule has 0 aliphatic carbocycles. The quantitative estimate of drug-likeness (QED) is 0.857. The van der Waals surface area contributed by atoms with Gasteiger partial charge >= 0.3 is 0 Å². The van der Waals surface area contributed by atoms with Crippen LogP contribution < -0.4 is 14.8 Å². The Morgan fingerprint density at radius 3 is 2.61 bits per heavy atom. The van der Waals surface area contributed by atoms with E-state index >= 15 is 0 Å². The van der Waals surface area contributed by atoms with E-state index in [0.717, 1.165) is 17.1 Å². The monoisotopic (exact) mass is 269 g/mol. The van der Waals surface area contributed by atoms with E-state index in [9.17, 15) is 4.79 Å². The molecule has 1 aromatic carbocycles. The Morgan fingerprint density at radius 2 is 1.94 bits per heavy atom. The fourth-order valence-corrected chi connectivity index (χ4v) is 1.80. The van der Waals surface area contributed by atoms with Crippen molar-refractivity contribution in [3.8, 4) is 11.5 Å². The molecule has 2 rings (SSSR count). The molecule has 1 N–H and O–H groups in total. The van der Waals surface area contributed by atoms with Crippen LogP contribution in [-0.4, -0.2) is 24.5 Å². The SMILES string of the molecule is C[C@H](NC(=O)[C@@H](C)Cl)c1ccc2c(c1)OCCO2. The van der Waals surface area contributed by atoms with Crippen LogP contribution in [-0.2, 0) is 4.79 Å². The molecule has 2 atom stereocenters. The van der Waals surface area contributed by atoms with Gasteiger partial charge in [-0.3, -0.25) is 4.79 Å². The molecule has 1 aliphatic heterocycles. The first-order valence-electron chi connectivity index (χ1n) is 5.92. The Balaban J connectivity index is 2.11. The zero-order valence-corrected chi connectivity index (χ0v) is 11.2. The van der Waals surface area contributed by atoms with Crippen molar-refractivity contribution in [2.24, 2.45) is 0 Å². The second kappa shape index (κ2) is 5.48. The van der Waals surface area contributed by atoms with E-state index in [4.69, 9.17) is 21.1 Å². The van der Waals surface area contributed by atoms with Gasteiger partial charge in [-0.25, -0.2) is 0 Å². The molecule has 1 aliphatic rings. The number of nitrogens with one attached hydrogen (secondary N) is 1. The summed E-state index contributed by atoms with van der Waals surface area (Å²) in [6, 6.07) is 5.54. The highest BCUT2D eigenvalue weighted by Crippen LogP contribution is 2.32. The average Bonchev–Trinajstić information content (AvgIpc) is 2.37. The lowest BCUT2D eigenvalue weighted by molar-refractivity contribution is -0.121. The molecule has 5 heteroatoms. The molecule has 1 heterocycles. The maximum Gasteiger partial charge on any atom is 0.238 e. The molecule has 0 aromatic heterocycles. The molecular weight excluding hydrogens is 254 g/mol. The van der Waals surface area contributed by atoms with E-state index in [1.54, 1.807) is 6.92 Å². The molecule has 0 fully saturated rings. The standard InChI is InChI=1S/C13H16ClNO3/c1-8(14)13(16)15-9(2)10-3-4-11-12(7-10)18-6-5-17-11/h3-4,7-9H,5-6H2,1-2H3,(H,15,16)/t8-,9+/m1/s1. The van der Waals surface area contributed by atoms with Crippen LogP contribution in [0.25, 0.3) is 0 Å². The lowest BCUT2D eigenvalue weighted by Gasteiger charge is -2.21. The van der Waals surface area contributed by atoms with Crippen molar-refractivity contribution in [3.63, 3.8) is 0 Å². The highest BCUT2D eigenvalue weighted by Gasteiger charge is 2.17. The molecule has 0 unspecified atom stereocenters. The van der Waals surface area contributed by atoms with Gasteiger partial charge in [0.15, 0.2) is 11.5 Å². The number of ether oxygens (including phenoxy) is 2. The van der Waals surface area contributed by atoms with Crippen molar-refractivity contribution >= 4 is 17.5 Å².